The van der Waals surface area contributed by atoms with Crippen molar-refractivity contribution in [3.8, 4) is 11.4 Å². The monoisotopic (exact) mass is 427 g/mol. The quantitative estimate of drug-likeness (QED) is 0.421. The zero-order valence-electron chi connectivity index (χ0n) is 18.5. The summed E-state index contributed by atoms with van der Waals surface area (Å²) in [5.74, 6) is -0.213. The first-order chi connectivity index (χ1) is 15.3. The lowest BCUT2D eigenvalue weighted by Gasteiger charge is -2.16. The van der Waals surface area contributed by atoms with E-state index < -0.39 is 12.1 Å². The van der Waals surface area contributed by atoms with E-state index in [4.69, 9.17) is 4.74 Å². The van der Waals surface area contributed by atoms with Gasteiger partial charge in [0.2, 0.25) is 0 Å². The van der Waals surface area contributed by atoms with Crippen LogP contribution in [0.1, 0.15) is 34.0 Å². The van der Waals surface area contributed by atoms with Gasteiger partial charge in [-0.05, 0) is 57.0 Å². The molecule has 3 aromatic carbocycles. The van der Waals surface area contributed by atoms with E-state index in [1.165, 1.54) is 5.56 Å². The van der Waals surface area contributed by atoms with Gasteiger partial charge in [0.15, 0.2) is 6.10 Å². The lowest BCUT2D eigenvalue weighted by atomic mass is 10.1. The zero-order chi connectivity index (χ0) is 22.8. The van der Waals surface area contributed by atoms with Crippen molar-refractivity contribution in [3.05, 3.63) is 82.9 Å². The minimum absolute atomic E-state index is 0.350. The maximum absolute atomic E-state index is 12.7. The van der Waals surface area contributed by atoms with Crippen LogP contribution < -0.4 is 5.32 Å². The van der Waals surface area contributed by atoms with E-state index in [2.05, 4.69) is 15.3 Å². The van der Waals surface area contributed by atoms with Crippen molar-refractivity contribution in [3.63, 3.8) is 0 Å². The van der Waals surface area contributed by atoms with Crippen LogP contribution in [-0.2, 0) is 9.53 Å². The molecule has 0 fully saturated rings. The number of carbonyl (C=O) groups is 2. The predicted octanol–water partition coefficient (Wildman–Crippen LogP) is 5.34. The molecule has 0 aliphatic rings. The topological polar surface area (TPSA) is 84.1 Å². The number of nitrogens with zero attached hydrogens (tertiary/aromatic N) is 1. The Hall–Kier alpha value is -3.93. The molecule has 0 saturated heterocycles. The second kappa shape index (κ2) is 8.67. The molecule has 1 amide bonds. The Morgan fingerprint density at radius 3 is 2.34 bits per heavy atom. The Bertz CT molecular complexity index is 1290. The number of ether oxygens (including phenoxy) is 1. The molecule has 162 valence electrons. The molecule has 0 aliphatic carbocycles. The summed E-state index contributed by atoms with van der Waals surface area (Å²) in [6.07, 6.45) is -0.943. The molecule has 1 aromatic heterocycles. The second-order valence-electron chi connectivity index (χ2n) is 7.99. The summed E-state index contributed by atoms with van der Waals surface area (Å²) in [5, 5.41) is 2.86. The van der Waals surface area contributed by atoms with Crippen LogP contribution in [0.4, 0.5) is 5.69 Å². The number of imidazole rings is 1. The molecule has 4 rings (SSSR count). The van der Waals surface area contributed by atoms with Crippen LogP contribution in [0.2, 0.25) is 0 Å². The van der Waals surface area contributed by atoms with Gasteiger partial charge in [0, 0.05) is 11.3 Å². The summed E-state index contributed by atoms with van der Waals surface area (Å²) in [6.45, 7) is 7.43. The molecule has 0 bridgehead atoms. The number of H-pyrrole nitrogens is 1. The number of rotatable bonds is 5. The van der Waals surface area contributed by atoms with Crippen LogP contribution in [-0.4, -0.2) is 27.9 Å². The van der Waals surface area contributed by atoms with E-state index in [0.717, 1.165) is 39.2 Å². The van der Waals surface area contributed by atoms with Crippen LogP contribution in [0.5, 0.6) is 0 Å². The van der Waals surface area contributed by atoms with E-state index in [-0.39, 0.29) is 5.91 Å². The van der Waals surface area contributed by atoms with Gasteiger partial charge in [-0.15, -0.1) is 0 Å². The largest absolute Gasteiger partial charge is 0.449 e. The number of hydrogen-bond donors (Lipinski definition) is 2. The summed E-state index contributed by atoms with van der Waals surface area (Å²) in [4.78, 5) is 33.1. The normalized spacial score (nSPS) is 11.9. The third-order valence-electron chi connectivity index (χ3n) is 5.42. The Balaban J connectivity index is 1.48. The summed E-state index contributed by atoms with van der Waals surface area (Å²) in [6, 6.07) is 18.9. The molecule has 1 atom stereocenters. The lowest BCUT2D eigenvalue weighted by Crippen LogP contribution is -2.30. The van der Waals surface area contributed by atoms with Crippen molar-refractivity contribution in [1.82, 2.24) is 9.97 Å². The van der Waals surface area contributed by atoms with E-state index >= 15 is 0 Å². The van der Waals surface area contributed by atoms with Crippen LogP contribution in [0.15, 0.2) is 60.7 Å². The number of hydrogen-bond acceptors (Lipinski definition) is 4. The number of amides is 1. The standard InChI is InChI=1S/C26H25N3O3/c1-15-8-10-19(11-9-15)24-27-21-13-12-20(14-22(21)28-24)26(31)32-18(4)25(30)29-23-16(2)6-5-7-17(23)3/h5-14,18H,1-4H3,(H,27,28)(H,29,30). The molecule has 0 spiro atoms. The SMILES string of the molecule is Cc1ccc(-c2nc3ccc(C(=O)OC(C)C(=O)Nc4c(C)cccc4C)cc3[nH]2)cc1. The highest BCUT2D eigenvalue weighted by atomic mass is 16.5. The third kappa shape index (κ3) is 4.39. The van der Waals surface area contributed by atoms with Gasteiger partial charge in [0.1, 0.15) is 5.82 Å². The maximum atomic E-state index is 12.7. The molecule has 4 aromatic rings. The first-order valence-corrected chi connectivity index (χ1v) is 10.5. The van der Waals surface area contributed by atoms with Gasteiger partial charge in [-0.25, -0.2) is 9.78 Å². The number of fused-ring (bicyclic) bond motifs is 1. The van der Waals surface area contributed by atoms with Crippen molar-refractivity contribution < 1.29 is 14.3 Å². The molecule has 32 heavy (non-hydrogen) atoms. The number of benzene rings is 3. The number of aromatic amines is 1. The Morgan fingerprint density at radius 2 is 1.66 bits per heavy atom. The molecule has 0 aliphatic heterocycles. The Labute approximate surface area is 186 Å². The third-order valence-corrected chi connectivity index (χ3v) is 5.42. The van der Waals surface area contributed by atoms with E-state index in [1.54, 1.807) is 25.1 Å². The highest BCUT2D eigenvalue weighted by Crippen LogP contribution is 2.23. The number of aryl methyl sites for hydroxylation is 3. The van der Waals surface area contributed by atoms with E-state index in [9.17, 15) is 9.59 Å². The smallest absolute Gasteiger partial charge is 0.338 e. The molecule has 2 N–H and O–H groups in total. The zero-order valence-corrected chi connectivity index (χ0v) is 18.5. The minimum atomic E-state index is -0.943. The highest BCUT2D eigenvalue weighted by Gasteiger charge is 2.21. The number of aromatic nitrogens is 2. The van der Waals surface area contributed by atoms with Crippen LogP contribution in [0.3, 0.4) is 0 Å². The van der Waals surface area contributed by atoms with Crippen molar-refractivity contribution >= 4 is 28.6 Å². The number of nitrogens with one attached hydrogen (secondary N) is 2. The van der Waals surface area contributed by atoms with E-state index in [0.29, 0.717) is 5.56 Å². The molecule has 0 radical (unpaired) electrons. The maximum Gasteiger partial charge on any atom is 0.338 e. The van der Waals surface area contributed by atoms with Gasteiger partial charge in [-0.1, -0.05) is 48.0 Å². The molecule has 6 heteroatoms. The summed E-state index contributed by atoms with van der Waals surface area (Å²) in [5.41, 5.74) is 6.60. The molecule has 1 unspecified atom stereocenters. The fourth-order valence-corrected chi connectivity index (χ4v) is 3.50. The number of esters is 1. The van der Waals surface area contributed by atoms with Crippen molar-refractivity contribution in [2.75, 3.05) is 5.32 Å². The average Bonchev–Trinajstić information content (AvgIpc) is 3.20. The van der Waals surface area contributed by atoms with Gasteiger partial charge in [0.25, 0.3) is 5.91 Å². The predicted molar refractivity (Wildman–Crippen MR) is 126 cm³/mol. The summed E-state index contributed by atoms with van der Waals surface area (Å²) in [7, 11) is 0. The number of anilines is 1. The first kappa shape index (κ1) is 21.3. The van der Waals surface area contributed by atoms with Crippen molar-refractivity contribution in [2.45, 2.75) is 33.8 Å². The van der Waals surface area contributed by atoms with Gasteiger partial charge < -0.3 is 15.0 Å². The van der Waals surface area contributed by atoms with Crippen molar-refractivity contribution in [2.24, 2.45) is 0 Å². The second-order valence-corrected chi connectivity index (χ2v) is 7.99. The van der Waals surface area contributed by atoms with Gasteiger partial charge in [-0.2, -0.15) is 0 Å². The van der Waals surface area contributed by atoms with E-state index in [1.807, 2.05) is 63.2 Å². The Morgan fingerprint density at radius 1 is 0.969 bits per heavy atom. The molecule has 0 saturated carbocycles. The van der Waals surface area contributed by atoms with Gasteiger partial charge in [0.05, 0.1) is 16.6 Å². The van der Waals surface area contributed by atoms with Crippen LogP contribution in [0.25, 0.3) is 22.4 Å². The molecular weight excluding hydrogens is 402 g/mol. The summed E-state index contributed by atoms with van der Waals surface area (Å²) >= 11 is 0. The molecular formula is C26H25N3O3. The Kier molecular flexibility index (Phi) is 5.77. The average molecular weight is 428 g/mol. The van der Waals surface area contributed by atoms with Gasteiger partial charge >= 0.3 is 5.97 Å². The molecule has 1 heterocycles. The fourth-order valence-electron chi connectivity index (χ4n) is 3.50. The number of para-hydroxylation sites is 1. The fraction of sp³-hybridized carbons (Fsp3) is 0.192. The van der Waals surface area contributed by atoms with Crippen LogP contribution >= 0.6 is 0 Å². The van der Waals surface area contributed by atoms with Crippen molar-refractivity contribution in [1.29, 1.82) is 0 Å². The number of carbonyl (C=O) groups excluding carboxylic acids is 2. The first-order valence-electron chi connectivity index (χ1n) is 10.5. The minimum Gasteiger partial charge on any atom is -0.449 e. The summed E-state index contributed by atoms with van der Waals surface area (Å²) < 4.78 is 5.42. The van der Waals surface area contributed by atoms with Gasteiger partial charge in [-0.3, -0.25) is 4.79 Å². The molecule has 6 nitrogen and oxygen atoms in total. The lowest BCUT2D eigenvalue weighted by molar-refractivity contribution is -0.123. The highest BCUT2D eigenvalue weighted by molar-refractivity contribution is 5.99. The van der Waals surface area contributed by atoms with Crippen LogP contribution in [0, 0.1) is 20.8 Å².